The topological polar surface area (TPSA) is 119 Å². The van der Waals surface area contributed by atoms with Crippen molar-refractivity contribution in [2.75, 3.05) is 13.1 Å². The minimum Gasteiger partial charge on any atom is -0.339 e. The standard InChI is InChI=1S/C12H14N6O.C12H13N3O/c1-4-18-7(2)8(5-15-18)10-16-9-11(17(10)3)13-6-14-12(9)19;16-12(14-6-3-4-7-14)10-9-13-15-8-2-1-5-11(10)15/h5-6H,4H2,1-3H3,(H,13,14,19);1-2,5,8-9H,3-4,6-7H2. The van der Waals surface area contributed by atoms with Crippen LogP contribution in [0.3, 0.4) is 0 Å². The summed E-state index contributed by atoms with van der Waals surface area (Å²) in [7, 11) is 1.85. The summed E-state index contributed by atoms with van der Waals surface area (Å²) in [4.78, 5) is 36.9. The van der Waals surface area contributed by atoms with Gasteiger partial charge in [-0.1, -0.05) is 6.07 Å². The number of aromatic amines is 1. The molecule has 1 fully saturated rings. The van der Waals surface area contributed by atoms with Crippen LogP contribution in [0.1, 0.15) is 35.8 Å². The number of amides is 1. The average molecular weight is 474 g/mol. The molecule has 180 valence electrons. The van der Waals surface area contributed by atoms with E-state index in [-0.39, 0.29) is 11.5 Å². The van der Waals surface area contributed by atoms with Crippen LogP contribution in [-0.2, 0) is 13.6 Å². The van der Waals surface area contributed by atoms with E-state index in [2.05, 4.69) is 25.1 Å². The van der Waals surface area contributed by atoms with Crippen LogP contribution in [-0.4, -0.2) is 62.8 Å². The second-order valence-electron chi connectivity index (χ2n) is 8.45. The summed E-state index contributed by atoms with van der Waals surface area (Å²) in [6, 6.07) is 5.76. The zero-order valence-corrected chi connectivity index (χ0v) is 20.0. The Morgan fingerprint density at radius 3 is 2.66 bits per heavy atom. The van der Waals surface area contributed by atoms with Crippen LogP contribution in [0.4, 0.5) is 0 Å². The summed E-state index contributed by atoms with van der Waals surface area (Å²) in [5.41, 5.74) is 4.24. The number of pyridine rings is 1. The Balaban J connectivity index is 0.000000147. The fraction of sp³-hybridized carbons (Fsp3) is 0.333. The second-order valence-corrected chi connectivity index (χ2v) is 8.45. The van der Waals surface area contributed by atoms with Crippen LogP contribution >= 0.6 is 0 Å². The number of aryl methyl sites for hydroxylation is 2. The maximum absolute atomic E-state index is 12.2. The minimum atomic E-state index is -0.229. The molecule has 1 aliphatic rings. The second kappa shape index (κ2) is 9.16. The first-order valence-electron chi connectivity index (χ1n) is 11.6. The maximum Gasteiger partial charge on any atom is 0.278 e. The van der Waals surface area contributed by atoms with E-state index in [9.17, 15) is 9.59 Å². The van der Waals surface area contributed by atoms with Gasteiger partial charge in [-0.05, 0) is 38.8 Å². The third kappa shape index (κ3) is 3.98. The highest BCUT2D eigenvalue weighted by Crippen LogP contribution is 2.23. The van der Waals surface area contributed by atoms with Crippen molar-refractivity contribution >= 4 is 22.6 Å². The highest BCUT2D eigenvalue weighted by Gasteiger charge is 2.22. The summed E-state index contributed by atoms with van der Waals surface area (Å²) in [6.07, 6.45) is 8.91. The molecule has 1 saturated heterocycles. The molecule has 35 heavy (non-hydrogen) atoms. The smallest absolute Gasteiger partial charge is 0.278 e. The molecule has 1 aliphatic heterocycles. The van der Waals surface area contributed by atoms with Gasteiger partial charge in [-0.3, -0.25) is 14.3 Å². The zero-order valence-electron chi connectivity index (χ0n) is 20.0. The van der Waals surface area contributed by atoms with E-state index in [0.29, 0.717) is 22.6 Å². The Labute approximate surface area is 201 Å². The Morgan fingerprint density at radius 2 is 1.94 bits per heavy atom. The van der Waals surface area contributed by atoms with Crippen molar-refractivity contribution in [2.45, 2.75) is 33.2 Å². The lowest BCUT2D eigenvalue weighted by Crippen LogP contribution is -2.27. The first-order chi connectivity index (χ1) is 17.0. The van der Waals surface area contributed by atoms with E-state index in [1.807, 2.05) is 59.4 Å². The van der Waals surface area contributed by atoms with Gasteiger partial charge in [-0.15, -0.1) is 0 Å². The maximum atomic E-state index is 12.2. The van der Waals surface area contributed by atoms with Crippen LogP contribution in [0.2, 0.25) is 0 Å². The molecule has 1 amide bonds. The molecule has 0 spiro atoms. The Hall–Kier alpha value is -4.28. The molecule has 1 N–H and O–H groups in total. The van der Waals surface area contributed by atoms with Gasteiger partial charge < -0.3 is 14.5 Å². The van der Waals surface area contributed by atoms with Crippen LogP contribution in [0.25, 0.3) is 28.1 Å². The number of hydrogen-bond donors (Lipinski definition) is 1. The Morgan fingerprint density at radius 1 is 1.14 bits per heavy atom. The molecule has 6 heterocycles. The van der Waals surface area contributed by atoms with Crippen LogP contribution in [0.5, 0.6) is 0 Å². The summed E-state index contributed by atoms with van der Waals surface area (Å²) < 4.78 is 5.45. The number of H-pyrrole nitrogens is 1. The fourth-order valence-corrected chi connectivity index (χ4v) is 4.43. The molecule has 11 nitrogen and oxygen atoms in total. The summed E-state index contributed by atoms with van der Waals surface area (Å²) in [5.74, 6) is 0.815. The first kappa shape index (κ1) is 22.5. The van der Waals surface area contributed by atoms with Crippen molar-refractivity contribution < 1.29 is 4.79 Å². The van der Waals surface area contributed by atoms with E-state index in [0.717, 1.165) is 49.2 Å². The van der Waals surface area contributed by atoms with Crippen LogP contribution in [0.15, 0.2) is 47.9 Å². The van der Waals surface area contributed by atoms with Crippen molar-refractivity contribution in [3.05, 3.63) is 64.7 Å². The number of aromatic nitrogens is 8. The van der Waals surface area contributed by atoms with Crippen molar-refractivity contribution in [3.63, 3.8) is 0 Å². The number of rotatable bonds is 3. The highest BCUT2D eigenvalue weighted by atomic mass is 16.2. The van der Waals surface area contributed by atoms with Crippen molar-refractivity contribution in [1.29, 1.82) is 0 Å². The van der Waals surface area contributed by atoms with E-state index >= 15 is 0 Å². The molecule has 0 aliphatic carbocycles. The number of fused-ring (bicyclic) bond motifs is 2. The number of nitrogens with zero attached hydrogens (tertiary/aromatic N) is 8. The van der Waals surface area contributed by atoms with E-state index < -0.39 is 0 Å². The predicted molar refractivity (Wildman–Crippen MR) is 131 cm³/mol. The Kier molecular flexibility index (Phi) is 5.89. The number of carbonyl (C=O) groups is 1. The van der Waals surface area contributed by atoms with Crippen molar-refractivity contribution in [3.8, 4) is 11.4 Å². The lowest BCUT2D eigenvalue weighted by atomic mass is 10.2. The molecule has 11 heteroatoms. The fourth-order valence-electron chi connectivity index (χ4n) is 4.43. The van der Waals surface area contributed by atoms with Gasteiger partial charge in [0, 0.05) is 38.6 Å². The van der Waals surface area contributed by atoms with Crippen LogP contribution in [0, 0.1) is 6.92 Å². The molecule has 5 aromatic rings. The average Bonchev–Trinajstić information content (AvgIpc) is 3.66. The zero-order chi connectivity index (χ0) is 24.5. The number of nitrogens with one attached hydrogen (secondary N) is 1. The number of hydrogen-bond acceptors (Lipinski definition) is 6. The van der Waals surface area contributed by atoms with Gasteiger partial charge in [0.1, 0.15) is 5.82 Å². The molecule has 0 radical (unpaired) electrons. The molecule has 5 aromatic heterocycles. The van der Waals surface area contributed by atoms with Gasteiger partial charge in [0.25, 0.3) is 11.5 Å². The van der Waals surface area contributed by atoms with Crippen LogP contribution < -0.4 is 5.56 Å². The number of imidazole rings is 1. The first-order valence-corrected chi connectivity index (χ1v) is 11.6. The summed E-state index contributed by atoms with van der Waals surface area (Å²) >= 11 is 0. The SMILES string of the molecule is CCn1ncc(-c2nc3c(=O)[nH]cnc3n2C)c1C.O=C(c1cnn2ccccc12)N1CCCC1. The van der Waals surface area contributed by atoms with Crippen molar-refractivity contribution in [2.24, 2.45) is 7.05 Å². The third-order valence-electron chi connectivity index (χ3n) is 6.36. The highest BCUT2D eigenvalue weighted by molar-refractivity contribution is 6.00. The van der Waals surface area contributed by atoms with Gasteiger partial charge in [-0.25, -0.2) is 14.5 Å². The van der Waals surface area contributed by atoms with Gasteiger partial charge in [0.05, 0.1) is 35.4 Å². The normalized spacial score (nSPS) is 13.4. The monoisotopic (exact) mass is 473 g/mol. The third-order valence-corrected chi connectivity index (χ3v) is 6.36. The van der Waals surface area contributed by atoms with E-state index in [1.165, 1.54) is 6.33 Å². The molecule has 0 bridgehead atoms. The molecule has 0 atom stereocenters. The Bertz CT molecular complexity index is 1570. The largest absolute Gasteiger partial charge is 0.339 e. The summed E-state index contributed by atoms with van der Waals surface area (Å²) in [5, 5.41) is 8.48. The van der Waals surface area contributed by atoms with Gasteiger partial charge in [0.2, 0.25) is 0 Å². The molecule has 0 aromatic carbocycles. The summed E-state index contributed by atoms with van der Waals surface area (Å²) in [6.45, 7) is 6.58. The van der Waals surface area contributed by atoms with E-state index in [1.54, 1.807) is 16.9 Å². The number of likely N-dealkylation sites (tertiary alicyclic amines) is 1. The number of carbonyl (C=O) groups excluding carboxylic acids is 1. The minimum absolute atomic E-state index is 0.110. The molecule has 0 unspecified atom stereocenters. The van der Waals surface area contributed by atoms with Gasteiger partial charge in [-0.2, -0.15) is 10.2 Å². The molecule has 0 saturated carbocycles. The lowest BCUT2D eigenvalue weighted by Gasteiger charge is -2.13. The van der Waals surface area contributed by atoms with Gasteiger partial charge in [0.15, 0.2) is 11.2 Å². The van der Waals surface area contributed by atoms with E-state index in [4.69, 9.17) is 0 Å². The molecule has 6 rings (SSSR count). The quantitative estimate of drug-likeness (QED) is 0.430. The predicted octanol–water partition coefficient (Wildman–Crippen LogP) is 2.42. The molecular weight excluding hydrogens is 446 g/mol. The lowest BCUT2D eigenvalue weighted by molar-refractivity contribution is 0.0794. The van der Waals surface area contributed by atoms with Gasteiger partial charge >= 0.3 is 0 Å². The molecular formula is C24H27N9O2. The van der Waals surface area contributed by atoms with Crippen molar-refractivity contribution in [1.82, 2.24) is 43.8 Å².